The maximum absolute atomic E-state index is 12.0. The summed E-state index contributed by atoms with van der Waals surface area (Å²) in [5.74, 6) is 0.193. The lowest BCUT2D eigenvalue weighted by atomic mass is 9.84. The zero-order chi connectivity index (χ0) is 16.5. The van der Waals surface area contributed by atoms with Crippen LogP contribution in [0.4, 0.5) is 0 Å². The molecule has 0 saturated heterocycles. The van der Waals surface area contributed by atoms with Crippen LogP contribution in [0, 0.1) is 0 Å². The molecule has 1 saturated carbocycles. The molecular weight excluding hydrogens is 298 g/mol. The van der Waals surface area contributed by atoms with E-state index in [-0.39, 0.29) is 5.97 Å². The molecule has 0 amide bonds. The number of hydrogen-bond acceptors (Lipinski definition) is 3. The SMILES string of the molecule is COC(=O)c1ccc2c(c1)c(C1CCCCC1)nc1ccccc12. The quantitative estimate of drug-likeness (QED) is 0.480. The Morgan fingerprint density at radius 1 is 1.00 bits per heavy atom. The number of pyridine rings is 1. The molecule has 1 aliphatic carbocycles. The van der Waals surface area contributed by atoms with Crippen molar-refractivity contribution in [3.63, 3.8) is 0 Å². The van der Waals surface area contributed by atoms with Crippen molar-refractivity contribution in [2.75, 3.05) is 7.11 Å². The molecule has 3 nitrogen and oxygen atoms in total. The van der Waals surface area contributed by atoms with Crippen LogP contribution in [0.1, 0.15) is 54.1 Å². The van der Waals surface area contributed by atoms with E-state index >= 15 is 0 Å². The highest BCUT2D eigenvalue weighted by Crippen LogP contribution is 2.37. The Morgan fingerprint density at radius 2 is 1.79 bits per heavy atom. The number of methoxy groups -OCH3 is 1. The Bertz CT molecular complexity index is 910. The normalized spacial score (nSPS) is 15.7. The van der Waals surface area contributed by atoms with Gasteiger partial charge < -0.3 is 4.74 Å². The Labute approximate surface area is 141 Å². The van der Waals surface area contributed by atoms with Gasteiger partial charge in [-0.25, -0.2) is 4.79 Å². The summed E-state index contributed by atoms with van der Waals surface area (Å²) in [7, 11) is 1.42. The van der Waals surface area contributed by atoms with E-state index in [0.717, 1.165) is 22.0 Å². The predicted molar refractivity (Wildman–Crippen MR) is 96.4 cm³/mol. The van der Waals surface area contributed by atoms with Crippen molar-refractivity contribution in [3.05, 3.63) is 53.7 Å². The number of fused-ring (bicyclic) bond motifs is 3. The molecule has 0 radical (unpaired) electrons. The summed E-state index contributed by atoms with van der Waals surface area (Å²) in [4.78, 5) is 17.0. The van der Waals surface area contributed by atoms with E-state index < -0.39 is 0 Å². The number of hydrogen-bond donors (Lipinski definition) is 0. The van der Waals surface area contributed by atoms with Crippen molar-refractivity contribution in [1.82, 2.24) is 4.98 Å². The molecule has 122 valence electrons. The summed E-state index contributed by atoms with van der Waals surface area (Å²) in [5.41, 5.74) is 2.78. The lowest BCUT2D eigenvalue weighted by molar-refractivity contribution is 0.0601. The van der Waals surface area contributed by atoms with Gasteiger partial charge in [0.2, 0.25) is 0 Å². The standard InChI is InChI=1S/C21H21NO2/c1-24-21(23)15-11-12-16-17-9-5-6-10-19(17)22-20(18(16)13-15)14-7-3-2-4-8-14/h5-6,9-14H,2-4,7-8H2,1H3. The van der Waals surface area contributed by atoms with E-state index in [4.69, 9.17) is 9.72 Å². The second-order valence-corrected chi connectivity index (χ2v) is 6.60. The summed E-state index contributed by atoms with van der Waals surface area (Å²) in [5, 5.41) is 3.42. The van der Waals surface area contributed by atoms with Crippen molar-refractivity contribution in [2.24, 2.45) is 0 Å². The van der Waals surface area contributed by atoms with E-state index in [9.17, 15) is 4.79 Å². The van der Waals surface area contributed by atoms with Crippen molar-refractivity contribution in [2.45, 2.75) is 38.0 Å². The first-order chi connectivity index (χ1) is 11.8. The first kappa shape index (κ1) is 15.1. The molecule has 0 unspecified atom stereocenters. The van der Waals surface area contributed by atoms with Crippen molar-refractivity contribution < 1.29 is 9.53 Å². The van der Waals surface area contributed by atoms with Gasteiger partial charge in [-0.05, 0) is 36.4 Å². The van der Waals surface area contributed by atoms with E-state index in [1.54, 1.807) is 0 Å². The topological polar surface area (TPSA) is 39.2 Å². The van der Waals surface area contributed by atoms with Gasteiger partial charge in [-0.3, -0.25) is 4.98 Å². The van der Waals surface area contributed by atoms with Crippen molar-refractivity contribution in [1.29, 1.82) is 0 Å². The molecule has 0 spiro atoms. The lowest BCUT2D eigenvalue weighted by Crippen LogP contribution is -2.08. The van der Waals surface area contributed by atoms with Gasteiger partial charge in [-0.1, -0.05) is 43.5 Å². The number of benzene rings is 2. The molecule has 2 aromatic carbocycles. The fourth-order valence-corrected chi connectivity index (χ4v) is 3.91. The number of carbonyl (C=O) groups is 1. The molecular formula is C21H21NO2. The highest BCUT2D eigenvalue weighted by atomic mass is 16.5. The summed E-state index contributed by atoms with van der Waals surface area (Å²) >= 11 is 0. The summed E-state index contributed by atoms with van der Waals surface area (Å²) in [6.45, 7) is 0. The monoisotopic (exact) mass is 319 g/mol. The average Bonchev–Trinajstić information content (AvgIpc) is 2.67. The van der Waals surface area contributed by atoms with Crippen LogP contribution in [-0.4, -0.2) is 18.1 Å². The van der Waals surface area contributed by atoms with Crippen molar-refractivity contribution in [3.8, 4) is 0 Å². The van der Waals surface area contributed by atoms with Gasteiger partial charge in [-0.2, -0.15) is 0 Å². The van der Waals surface area contributed by atoms with Crippen LogP contribution < -0.4 is 0 Å². The zero-order valence-corrected chi connectivity index (χ0v) is 13.9. The van der Waals surface area contributed by atoms with Gasteiger partial charge in [-0.15, -0.1) is 0 Å². The molecule has 0 aliphatic heterocycles. The number of esters is 1. The molecule has 0 atom stereocenters. The molecule has 24 heavy (non-hydrogen) atoms. The molecule has 1 aliphatic rings. The Kier molecular flexibility index (Phi) is 3.93. The molecule has 4 rings (SSSR count). The van der Waals surface area contributed by atoms with Crippen LogP contribution in [0.3, 0.4) is 0 Å². The molecule has 3 aromatic rings. The Hall–Kier alpha value is -2.42. The van der Waals surface area contributed by atoms with Gasteiger partial charge in [0.25, 0.3) is 0 Å². The second kappa shape index (κ2) is 6.23. The van der Waals surface area contributed by atoms with Crippen LogP contribution in [0.2, 0.25) is 0 Å². The smallest absolute Gasteiger partial charge is 0.337 e. The Morgan fingerprint density at radius 3 is 2.58 bits per heavy atom. The Balaban J connectivity index is 2.00. The van der Waals surface area contributed by atoms with Crippen LogP contribution >= 0.6 is 0 Å². The lowest BCUT2D eigenvalue weighted by Gasteiger charge is -2.23. The summed E-state index contributed by atoms with van der Waals surface area (Å²) in [6, 6.07) is 14.1. The van der Waals surface area contributed by atoms with Gasteiger partial charge in [0.1, 0.15) is 0 Å². The summed E-state index contributed by atoms with van der Waals surface area (Å²) in [6.07, 6.45) is 6.20. The molecule has 1 fully saturated rings. The van der Waals surface area contributed by atoms with Crippen LogP contribution in [0.15, 0.2) is 42.5 Å². The third kappa shape index (κ3) is 2.54. The van der Waals surface area contributed by atoms with Gasteiger partial charge in [0, 0.05) is 16.7 Å². The second-order valence-electron chi connectivity index (χ2n) is 6.60. The summed E-state index contributed by atoms with van der Waals surface area (Å²) < 4.78 is 4.90. The average molecular weight is 319 g/mol. The molecule has 0 bridgehead atoms. The van der Waals surface area contributed by atoms with Crippen LogP contribution in [-0.2, 0) is 4.74 Å². The first-order valence-electron chi connectivity index (χ1n) is 8.68. The highest BCUT2D eigenvalue weighted by molar-refractivity contribution is 6.08. The van der Waals surface area contributed by atoms with Gasteiger partial charge in [0.05, 0.1) is 23.9 Å². The van der Waals surface area contributed by atoms with E-state index in [2.05, 4.69) is 12.1 Å². The van der Waals surface area contributed by atoms with Gasteiger partial charge in [0.15, 0.2) is 0 Å². The molecule has 1 heterocycles. The van der Waals surface area contributed by atoms with E-state index in [1.165, 1.54) is 44.6 Å². The highest BCUT2D eigenvalue weighted by Gasteiger charge is 2.21. The zero-order valence-electron chi connectivity index (χ0n) is 13.9. The minimum absolute atomic E-state index is 0.292. The number of para-hydroxylation sites is 1. The first-order valence-corrected chi connectivity index (χ1v) is 8.68. The third-order valence-electron chi connectivity index (χ3n) is 5.14. The number of rotatable bonds is 2. The molecule has 1 aromatic heterocycles. The largest absolute Gasteiger partial charge is 0.465 e. The van der Waals surface area contributed by atoms with Crippen LogP contribution in [0.5, 0.6) is 0 Å². The number of aromatic nitrogens is 1. The maximum Gasteiger partial charge on any atom is 0.337 e. The molecule has 0 N–H and O–H groups in total. The van der Waals surface area contributed by atoms with Crippen molar-refractivity contribution >= 4 is 27.6 Å². The minimum atomic E-state index is -0.292. The van der Waals surface area contributed by atoms with Gasteiger partial charge >= 0.3 is 5.97 Å². The number of carbonyl (C=O) groups excluding carboxylic acids is 1. The van der Waals surface area contributed by atoms with Crippen LogP contribution in [0.25, 0.3) is 21.7 Å². The predicted octanol–water partition coefficient (Wildman–Crippen LogP) is 5.22. The fourth-order valence-electron chi connectivity index (χ4n) is 3.91. The minimum Gasteiger partial charge on any atom is -0.465 e. The van der Waals surface area contributed by atoms with E-state index in [0.29, 0.717) is 11.5 Å². The third-order valence-corrected chi connectivity index (χ3v) is 5.14. The molecule has 3 heteroatoms. The fraction of sp³-hybridized carbons (Fsp3) is 0.333. The number of ether oxygens (including phenoxy) is 1. The number of nitrogens with zero attached hydrogens (tertiary/aromatic N) is 1. The maximum atomic E-state index is 12.0. The van der Waals surface area contributed by atoms with E-state index in [1.807, 2.05) is 30.3 Å².